The van der Waals surface area contributed by atoms with Gasteiger partial charge in [0.05, 0.1) is 0 Å². The summed E-state index contributed by atoms with van der Waals surface area (Å²) in [6.07, 6.45) is -0.205. The zero-order valence-electron chi connectivity index (χ0n) is 10.3. The topological polar surface area (TPSA) is 41.6 Å². The van der Waals surface area contributed by atoms with E-state index < -0.39 is 5.60 Å². The number of hydrogen-bond acceptors (Lipinski definition) is 3. The van der Waals surface area contributed by atoms with Crippen molar-refractivity contribution in [3.8, 4) is 0 Å². The summed E-state index contributed by atoms with van der Waals surface area (Å²) in [5, 5.41) is 3.28. The van der Waals surface area contributed by atoms with Crippen molar-refractivity contribution in [2.75, 3.05) is 13.1 Å². The van der Waals surface area contributed by atoms with Gasteiger partial charge in [-0.25, -0.2) is 4.79 Å². The lowest BCUT2D eigenvalue weighted by atomic mass is 10.1. The largest absolute Gasteiger partial charge is 0.444 e. The van der Waals surface area contributed by atoms with E-state index in [0.717, 1.165) is 13.1 Å². The molecule has 1 aliphatic heterocycles. The Morgan fingerprint density at radius 1 is 1.27 bits per heavy atom. The standard InChI is InChI=1S/C11H22N2O2/c1-8-6-12-7-9(2)13(8)10(14)15-11(3,4)5/h8-9,12H,6-7H2,1-5H3/t8-,9?/m1/s1. The Bertz CT molecular complexity index is 225. The minimum Gasteiger partial charge on any atom is -0.444 e. The Morgan fingerprint density at radius 3 is 2.13 bits per heavy atom. The summed E-state index contributed by atoms with van der Waals surface area (Å²) in [4.78, 5) is 13.7. The van der Waals surface area contributed by atoms with E-state index in [0.29, 0.717) is 0 Å². The van der Waals surface area contributed by atoms with E-state index in [1.807, 2.05) is 39.5 Å². The fraction of sp³-hybridized carbons (Fsp3) is 0.909. The van der Waals surface area contributed by atoms with E-state index in [2.05, 4.69) is 5.32 Å². The third-order valence-corrected chi connectivity index (χ3v) is 2.43. The first-order valence-corrected chi connectivity index (χ1v) is 5.53. The average Bonchev–Trinajstić information content (AvgIpc) is 1.99. The summed E-state index contributed by atoms with van der Waals surface area (Å²) in [6, 6.07) is 0.396. The van der Waals surface area contributed by atoms with Gasteiger partial charge in [0.2, 0.25) is 0 Å². The molecule has 0 aromatic carbocycles. The molecule has 0 aromatic heterocycles. The molecule has 0 bridgehead atoms. The lowest BCUT2D eigenvalue weighted by molar-refractivity contribution is 0.00303. The van der Waals surface area contributed by atoms with Gasteiger partial charge in [0.15, 0.2) is 0 Å². The summed E-state index contributed by atoms with van der Waals surface area (Å²) in [7, 11) is 0. The maximum absolute atomic E-state index is 11.9. The van der Waals surface area contributed by atoms with E-state index in [1.54, 1.807) is 0 Å². The first-order chi connectivity index (χ1) is 6.81. The number of carbonyl (C=O) groups is 1. The number of nitrogens with one attached hydrogen (secondary N) is 1. The van der Waals surface area contributed by atoms with Crippen molar-refractivity contribution in [2.45, 2.75) is 52.3 Å². The minimum absolute atomic E-state index is 0.198. The van der Waals surface area contributed by atoms with Crippen LogP contribution in [-0.2, 0) is 4.74 Å². The Balaban J connectivity index is 2.64. The molecule has 15 heavy (non-hydrogen) atoms. The van der Waals surface area contributed by atoms with Crippen LogP contribution in [0.15, 0.2) is 0 Å². The predicted molar refractivity (Wildman–Crippen MR) is 59.9 cm³/mol. The molecule has 0 spiro atoms. The Kier molecular flexibility index (Phi) is 3.60. The highest BCUT2D eigenvalue weighted by molar-refractivity contribution is 5.69. The Morgan fingerprint density at radius 2 is 1.73 bits per heavy atom. The molecule has 4 heteroatoms. The monoisotopic (exact) mass is 214 g/mol. The molecule has 88 valence electrons. The third kappa shape index (κ3) is 3.38. The maximum Gasteiger partial charge on any atom is 0.410 e. The van der Waals surface area contributed by atoms with Crippen LogP contribution in [0, 0.1) is 0 Å². The second-order valence-corrected chi connectivity index (χ2v) is 5.24. The van der Waals surface area contributed by atoms with Crippen molar-refractivity contribution in [1.82, 2.24) is 10.2 Å². The quantitative estimate of drug-likeness (QED) is 0.666. The summed E-state index contributed by atoms with van der Waals surface area (Å²) < 4.78 is 5.38. The number of carbonyl (C=O) groups excluding carboxylic acids is 1. The van der Waals surface area contributed by atoms with Crippen molar-refractivity contribution >= 4 is 6.09 Å². The molecular weight excluding hydrogens is 192 g/mol. The highest BCUT2D eigenvalue weighted by Crippen LogP contribution is 2.16. The van der Waals surface area contributed by atoms with Gasteiger partial charge in [0, 0.05) is 25.2 Å². The number of amides is 1. The van der Waals surface area contributed by atoms with Gasteiger partial charge in [-0.05, 0) is 34.6 Å². The highest BCUT2D eigenvalue weighted by Gasteiger charge is 2.32. The van der Waals surface area contributed by atoms with Gasteiger partial charge in [-0.2, -0.15) is 0 Å². The molecule has 1 aliphatic rings. The number of piperazine rings is 1. The van der Waals surface area contributed by atoms with Crippen LogP contribution in [0.3, 0.4) is 0 Å². The first-order valence-electron chi connectivity index (χ1n) is 5.53. The molecule has 2 atom stereocenters. The maximum atomic E-state index is 11.9. The number of ether oxygens (including phenoxy) is 1. The summed E-state index contributed by atoms with van der Waals surface area (Å²) >= 11 is 0. The molecule has 0 radical (unpaired) electrons. The van der Waals surface area contributed by atoms with E-state index in [4.69, 9.17) is 4.74 Å². The SMILES string of the molecule is CC1CNC[C@@H](C)N1C(=O)OC(C)(C)C. The summed E-state index contributed by atoms with van der Waals surface area (Å²) in [6.45, 7) is 11.4. The van der Waals surface area contributed by atoms with Crippen molar-refractivity contribution in [3.63, 3.8) is 0 Å². The first kappa shape index (κ1) is 12.3. The molecule has 0 aromatic rings. The van der Waals surface area contributed by atoms with Gasteiger partial charge in [-0.3, -0.25) is 0 Å². The van der Waals surface area contributed by atoms with E-state index in [1.165, 1.54) is 0 Å². The van der Waals surface area contributed by atoms with Crippen LogP contribution < -0.4 is 5.32 Å². The summed E-state index contributed by atoms with van der Waals surface area (Å²) in [5.74, 6) is 0. The lowest BCUT2D eigenvalue weighted by Gasteiger charge is -2.39. The zero-order valence-corrected chi connectivity index (χ0v) is 10.3. The van der Waals surface area contributed by atoms with Crippen molar-refractivity contribution in [3.05, 3.63) is 0 Å². The van der Waals surface area contributed by atoms with Crippen LogP contribution in [0.2, 0.25) is 0 Å². The van der Waals surface area contributed by atoms with E-state index in [-0.39, 0.29) is 18.2 Å². The Labute approximate surface area is 92.0 Å². The van der Waals surface area contributed by atoms with Crippen LogP contribution >= 0.6 is 0 Å². The molecule has 1 fully saturated rings. The molecule has 1 saturated heterocycles. The summed E-state index contributed by atoms with van der Waals surface area (Å²) in [5.41, 5.74) is -0.415. The Hall–Kier alpha value is -0.770. The predicted octanol–water partition coefficient (Wildman–Crippen LogP) is 1.60. The normalized spacial score (nSPS) is 27.7. The molecular formula is C11H22N2O2. The van der Waals surface area contributed by atoms with Crippen LogP contribution in [0.1, 0.15) is 34.6 Å². The van der Waals surface area contributed by atoms with Crippen LogP contribution in [-0.4, -0.2) is 41.8 Å². The van der Waals surface area contributed by atoms with E-state index >= 15 is 0 Å². The fourth-order valence-electron chi connectivity index (χ4n) is 1.81. The molecule has 1 unspecified atom stereocenters. The van der Waals surface area contributed by atoms with E-state index in [9.17, 15) is 4.79 Å². The third-order valence-electron chi connectivity index (χ3n) is 2.43. The van der Waals surface area contributed by atoms with Crippen molar-refractivity contribution in [2.24, 2.45) is 0 Å². The van der Waals surface area contributed by atoms with Gasteiger partial charge in [-0.15, -0.1) is 0 Å². The molecule has 4 nitrogen and oxygen atoms in total. The number of hydrogen-bond donors (Lipinski definition) is 1. The second kappa shape index (κ2) is 4.39. The van der Waals surface area contributed by atoms with Gasteiger partial charge >= 0.3 is 6.09 Å². The van der Waals surface area contributed by atoms with Gasteiger partial charge < -0.3 is 15.0 Å². The molecule has 0 saturated carbocycles. The lowest BCUT2D eigenvalue weighted by Crippen LogP contribution is -2.58. The minimum atomic E-state index is -0.415. The zero-order chi connectivity index (χ0) is 11.6. The molecule has 1 N–H and O–H groups in total. The smallest absolute Gasteiger partial charge is 0.410 e. The molecule has 1 rings (SSSR count). The van der Waals surface area contributed by atoms with Gasteiger partial charge in [0.25, 0.3) is 0 Å². The van der Waals surface area contributed by atoms with Crippen molar-refractivity contribution < 1.29 is 9.53 Å². The van der Waals surface area contributed by atoms with Crippen LogP contribution in [0.25, 0.3) is 0 Å². The fourth-order valence-corrected chi connectivity index (χ4v) is 1.81. The van der Waals surface area contributed by atoms with Crippen LogP contribution in [0.4, 0.5) is 4.79 Å². The highest BCUT2D eigenvalue weighted by atomic mass is 16.6. The van der Waals surface area contributed by atoms with Crippen molar-refractivity contribution in [1.29, 1.82) is 0 Å². The number of rotatable bonds is 0. The molecule has 1 amide bonds. The average molecular weight is 214 g/mol. The second-order valence-electron chi connectivity index (χ2n) is 5.24. The number of nitrogens with zero attached hydrogens (tertiary/aromatic N) is 1. The molecule has 1 heterocycles. The van der Waals surface area contributed by atoms with Crippen LogP contribution in [0.5, 0.6) is 0 Å². The van der Waals surface area contributed by atoms with Gasteiger partial charge in [-0.1, -0.05) is 0 Å². The molecule has 0 aliphatic carbocycles. The van der Waals surface area contributed by atoms with Gasteiger partial charge in [0.1, 0.15) is 5.60 Å².